The molecule has 0 bridgehead atoms. The van der Waals surface area contributed by atoms with Crippen LogP contribution in [0, 0.1) is 5.92 Å². The Bertz CT molecular complexity index is 702. The van der Waals surface area contributed by atoms with E-state index in [1.165, 1.54) is 107 Å². The highest BCUT2D eigenvalue weighted by molar-refractivity contribution is 5.70. The Balaban J connectivity index is 2.28. The molecule has 1 atom stereocenters. The lowest BCUT2D eigenvalue weighted by Gasteiger charge is -2.27. The van der Waals surface area contributed by atoms with Crippen LogP contribution in [0.1, 0.15) is 174 Å². The SMILES string of the molecule is CCCCCCCCCCCCCCCCCCC(Cc1cc(C(C)(C)C)cc(C(C)(C)C)c1)C(=O)O. The maximum atomic E-state index is 12.1. The van der Waals surface area contributed by atoms with Crippen molar-refractivity contribution < 1.29 is 9.90 Å². The van der Waals surface area contributed by atoms with Gasteiger partial charge in [0.2, 0.25) is 0 Å². The van der Waals surface area contributed by atoms with Crippen molar-refractivity contribution in [3.63, 3.8) is 0 Å². The van der Waals surface area contributed by atoms with Crippen molar-refractivity contribution in [3.05, 3.63) is 34.9 Å². The molecule has 2 nitrogen and oxygen atoms in total. The van der Waals surface area contributed by atoms with Gasteiger partial charge >= 0.3 is 5.97 Å². The maximum absolute atomic E-state index is 12.1. The molecule has 0 aliphatic heterocycles. The second-order valence-corrected chi connectivity index (χ2v) is 13.7. The van der Waals surface area contributed by atoms with Crippen molar-refractivity contribution in [1.82, 2.24) is 0 Å². The van der Waals surface area contributed by atoms with E-state index in [1.807, 2.05) is 0 Å². The number of carboxylic acids is 1. The van der Waals surface area contributed by atoms with Gasteiger partial charge in [-0.3, -0.25) is 4.79 Å². The standard InChI is InChI=1S/C35H62O2/c1-8-9-10-11-12-13-14-15-16-17-18-19-20-21-22-23-24-30(33(36)37)25-29-26-31(34(2,3)4)28-32(27-29)35(5,6)7/h26-28,30H,8-25H2,1-7H3,(H,36,37). The third-order valence-corrected chi connectivity index (χ3v) is 7.96. The van der Waals surface area contributed by atoms with E-state index in [0.29, 0.717) is 6.42 Å². The first-order valence-electron chi connectivity index (χ1n) is 15.8. The topological polar surface area (TPSA) is 37.3 Å². The van der Waals surface area contributed by atoms with Crippen LogP contribution in [-0.4, -0.2) is 11.1 Å². The molecule has 37 heavy (non-hydrogen) atoms. The van der Waals surface area contributed by atoms with Crippen LogP contribution in [0.5, 0.6) is 0 Å². The lowest BCUT2D eigenvalue weighted by atomic mass is 9.78. The molecule has 1 N–H and O–H groups in total. The van der Waals surface area contributed by atoms with Gasteiger partial charge in [-0.1, -0.05) is 169 Å². The number of hydrogen-bond acceptors (Lipinski definition) is 1. The molecule has 0 amide bonds. The summed E-state index contributed by atoms with van der Waals surface area (Å²) in [6.45, 7) is 15.7. The van der Waals surface area contributed by atoms with Gasteiger partial charge in [0.15, 0.2) is 0 Å². The second-order valence-electron chi connectivity index (χ2n) is 13.7. The Labute approximate surface area is 231 Å². The lowest BCUT2D eigenvalue weighted by Crippen LogP contribution is -2.20. The Morgan fingerprint density at radius 3 is 1.30 bits per heavy atom. The van der Waals surface area contributed by atoms with Crippen molar-refractivity contribution in [2.75, 3.05) is 0 Å². The predicted octanol–water partition coefficient (Wildman–Crippen LogP) is 11.2. The zero-order chi connectivity index (χ0) is 27.7. The summed E-state index contributed by atoms with van der Waals surface area (Å²) < 4.78 is 0. The summed E-state index contributed by atoms with van der Waals surface area (Å²) in [4.78, 5) is 12.1. The molecule has 0 heterocycles. The fourth-order valence-electron chi connectivity index (χ4n) is 5.21. The third-order valence-electron chi connectivity index (χ3n) is 7.96. The van der Waals surface area contributed by atoms with E-state index in [2.05, 4.69) is 66.7 Å². The maximum Gasteiger partial charge on any atom is 0.306 e. The highest BCUT2D eigenvalue weighted by Gasteiger charge is 2.23. The van der Waals surface area contributed by atoms with Crippen molar-refractivity contribution in [1.29, 1.82) is 0 Å². The van der Waals surface area contributed by atoms with Crippen LogP contribution in [-0.2, 0) is 22.0 Å². The first-order valence-corrected chi connectivity index (χ1v) is 15.8. The van der Waals surface area contributed by atoms with Gasteiger partial charge in [0.25, 0.3) is 0 Å². The number of unbranched alkanes of at least 4 members (excludes halogenated alkanes) is 15. The van der Waals surface area contributed by atoms with Gasteiger partial charge in [-0.15, -0.1) is 0 Å². The van der Waals surface area contributed by atoms with Crippen LogP contribution < -0.4 is 0 Å². The molecule has 0 radical (unpaired) electrons. The number of carbonyl (C=O) groups is 1. The molecule has 214 valence electrons. The molecule has 1 aromatic carbocycles. The Hall–Kier alpha value is -1.31. The molecule has 0 aliphatic rings. The second kappa shape index (κ2) is 18.1. The molecule has 0 saturated heterocycles. The minimum Gasteiger partial charge on any atom is -0.481 e. The summed E-state index contributed by atoms with van der Waals surface area (Å²) >= 11 is 0. The number of aliphatic carboxylic acids is 1. The monoisotopic (exact) mass is 514 g/mol. The van der Waals surface area contributed by atoms with E-state index < -0.39 is 5.97 Å². The lowest BCUT2D eigenvalue weighted by molar-refractivity contribution is -0.142. The summed E-state index contributed by atoms with van der Waals surface area (Å²) in [6.07, 6.45) is 23.0. The highest BCUT2D eigenvalue weighted by Crippen LogP contribution is 2.31. The molecular formula is C35H62O2. The van der Waals surface area contributed by atoms with Gasteiger partial charge in [-0.05, 0) is 40.4 Å². The minimum atomic E-state index is -0.639. The Morgan fingerprint density at radius 2 is 0.973 bits per heavy atom. The van der Waals surface area contributed by atoms with E-state index in [-0.39, 0.29) is 16.7 Å². The quantitative estimate of drug-likeness (QED) is 0.176. The van der Waals surface area contributed by atoms with Gasteiger partial charge < -0.3 is 5.11 Å². The van der Waals surface area contributed by atoms with Crippen molar-refractivity contribution in [3.8, 4) is 0 Å². The molecule has 1 aromatic rings. The molecule has 1 unspecified atom stereocenters. The fraction of sp³-hybridized carbons (Fsp3) is 0.800. The van der Waals surface area contributed by atoms with Crippen LogP contribution in [0.25, 0.3) is 0 Å². The Morgan fingerprint density at radius 1 is 0.622 bits per heavy atom. The average molecular weight is 515 g/mol. The molecule has 0 aromatic heterocycles. The smallest absolute Gasteiger partial charge is 0.306 e. The number of rotatable bonds is 20. The molecule has 0 aliphatic carbocycles. The summed E-state index contributed by atoms with van der Waals surface area (Å²) in [6, 6.07) is 6.81. The summed E-state index contributed by atoms with van der Waals surface area (Å²) in [5, 5.41) is 9.92. The zero-order valence-electron chi connectivity index (χ0n) is 25.9. The van der Waals surface area contributed by atoms with E-state index in [1.54, 1.807) is 0 Å². The number of hydrogen-bond donors (Lipinski definition) is 1. The first-order chi connectivity index (χ1) is 17.4. The van der Waals surface area contributed by atoms with E-state index in [0.717, 1.165) is 19.3 Å². The number of benzene rings is 1. The molecule has 0 saturated carbocycles. The van der Waals surface area contributed by atoms with E-state index >= 15 is 0 Å². The average Bonchev–Trinajstić information content (AvgIpc) is 2.81. The molecular weight excluding hydrogens is 452 g/mol. The highest BCUT2D eigenvalue weighted by atomic mass is 16.4. The van der Waals surface area contributed by atoms with Crippen molar-refractivity contribution in [2.24, 2.45) is 5.92 Å². The fourth-order valence-corrected chi connectivity index (χ4v) is 5.21. The van der Waals surface area contributed by atoms with Crippen LogP contribution in [0.15, 0.2) is 18.2 Å². The van der Waals surface area contributed by atoms with Gasteiger partial charge in [0, 0.05) is 0 Å². The van der Waals surface area contributed by atoms with Crippen LogP contribution >= 0.6 is 0 Å². The summed E-state index contributed by atoms with van der Waals surface area (Å²) in [5.41, 5.74) is 3.91. The molecule has 0 fully saturated rings. The summed E-state index contributed by atoms with van der Waals surface area (Å²) in [7, 11) is 0. The predicted molar refractivity (Wildman–Crippen MR) is 163 cm³/mol. The summed E-state index contributed by atoms with van der Waals surface area (Å²) in [5.74, 6) is -0.922. The van der Waals surface area contributed by atoms with Crippen LogP contribution in [0.4, 0.5) is 0 Å². The molecule has 2 heteroatoms. The van der Waals surface area contributed by atoms with Gasteiger partial charge in [0.05, 0.1) is 5.92 Å². The Kier molecular flexibility index (Phi) is 16.5. The van der Waals surface area contributed by atoms with E-state index in [4.69, 9.17) is 0 Å². The largest absolute Gasteiger partial charge is 0.481 e. The normalized spacial score (nSPS) is 13.2. The molecule has 1 rings (SSSR count). The number of carboxylic acid groups (broad SMARTS) is 1. The molecule has 0 spiro atoms. The van der Waals surface area contributed by atoms with Crippen molar-refractivity contribution in [2.45, 2.75) is 175 Å². The van der Waals surface area contributed by atoms with Gasteiger partial charge in [0.1, 0.15) is 0 Å². The third kappa shape index (κ3) is 15.6. The van der Waals surface area contributed by atoms with E-state index in [9.17, 15) is 9.90 Å². The first kappa shape index (κ1) is 33.7. The van der Waals surface area contributed by atoms with Crippen molar-refractivity contribution >= 4 is 5.97 Å². The zero-order valence-corrected chi connectivity index (χ0v) is 25.9. The van der Waals surface area contributed by atoms with Crippen LogP contribution in [0.3, 0.4) is 0 Å². The van der Waals surface area contributed by atoms with Gasteiger partial charge in [-0.25, -0.2) is 0 Å². The van der Waals surface area contributed by atoms with Crippen LogP contribution in [0.2, 0.25) is 0 Å². The van der Waals surface area contributed by atoms with Gasteiger partial charge in [-0.2, -0.15) is 0 Å². The minimum absolute atomic E-state index is 0.0582.